The summed E-state index contributed by atoms with van der Waals surface area (Å²) in [4.78, 5) is 10.5. The van der Waals surface area contributed by atoms with Crippen LogP contribution in [0.4, 0.5) is 5.69 Å². The van der Waals surface area contributed by atoms with Gasteiger partial charge in [0.25, 0.3) is 5.69 Å². The van der Waals surface area contributed by atoms with E-state index in [1.165, 1.54) is 6.07 Å². The van der Waals surface area contributed by atoms with E-state index in [0.717, 1.165) is 17.0 Å². The van der Waals surface area contributed by atoms with Gasteiger partial charge in [-0.3, -0.25) is 14.8 Å². The Balaban J connectivity index is 2.38. The summed E-state index contributed by atoms with van der Waals surface area (Å²) in [6, 6.07) is 7.00. The molecule has 0 saturated carbocycles. The predicted octanol–water partition coefficient (Wildman–Crippen LogP) is 3.22. The van der Waals surface area contributed by atoms with Crippen molar-refractivity contribution in [2.45, 2.75) is 20.4 Å². The van der Waals surface area contributed by atoms with Crippen molar-refractivity contribution in [3.8, 4) is 0 Å². The van der Waals surface area contributed by atoms with Crippen molar-refractivity contribution >= 4 is 21.6 Å². The highest BCUT2D eigenvalue weighted by molar-refractivity contribution is 9.10. The average molecular weight is 310 g/mol. The number of benzene rings is 1. The van der Waals surface area contributed by atoms with Gasteiger partial charge in [0.1, 0.15) is 4.47 Å². The molecule has 6 heteroatoms. The van der Waals surface area contributed by atoms with Crippen LogP contribution < -0.4 is 0 Å². The number of hydrogen-bond donors (Lipinski definition) is 0. The zero-order chi connectivity index (χ0) is 13.3. The number of aromatic nitrogens is 2. The van der Waals surface area contributed by atoms with Gasteiger partial charge in [0, 0.05) is 11.8 Å². The lowest BCUT2D eigenvalue weighted by Crippen LogP contribution is -2.05. The van der Waals surface area contributed by atoms with Crippen LogP contribution in [0, 0.1) is 24.0 Å². The van der Waals surface area contributed by atoms with Crippen LogP contribution in [0.5, 0.6) is 0 Å². The number of nitrogens with zero attached hydrogens (tertiary/aromatic N) is 3. The van der Waals surface area contributed by atoms with Crippen molar-refractivity contribution in [3.05, 3.63) is 55.8 Å². The van der Waals surface area contributed by atoms with Crippen LogP contribution in [0.3, 0.4) is 0 Å². The van der Waals surface area contributed by atoms with E-state index in [4.69, 9.17) is 0 Å². The third-order valence-electron chi connectivity index (χ3n) is 2.68. The minimum Gasteiger partial charge on any atom is -0.265 e. The second kappa shape index (κ2) is 4.89. The molecule has 18 heavy (non-hydrogen) atoms. The van der Waals surface area contributed by atoms with Gasteiger partial charge in [-0.15, -0.1) is 0 Å². The lowest BCUT2D eigenvalue weighted by Gasteiger charge is -2.07. The van der Waals surface area contributed by atoms with E-state index in [1.54, 1.807) is 6.07 Å². The number of nitro groups is 1. The molecule has 0 saturated heterocycles. The fraction of sp³-hybridized carbons (Fsp3) is 0.250. The molecule has 0 fully saturated rings. The molecule has 0 unspecified atom stereocenters. The van der Waals surface area contributed by atoms with Crippen LogP contribution in [0.25, 0.3) is 0 Å². The molecule has 0 radical (unpaired) electrons. The molecule has 1 aromatic carbocycles. The fourth-order valence-corrected chi connectivity index (χ4v) is 2.36. The van der Waals surface area contributed by atoms with Gasteiger partial charge < -0.3 is 0 Å². The second-order valence-electron chi connectivity index (χ2n) is 4.09. The summed E-state index contributed by atoms with van der Waals surface area (Å²) < 4.78 is 2.35. The Morgan fingerprint density at radius 3 is 2.72 bits per heavy atom. The molecule has 0 N–H and O–H groups in total. The van der Waals surface area contributed by atoms with E-state index in [0.29, 0.717) is 11.0 Å². The lowest BCUT2D eigenvalue weighted by atomic mass is 10.2. The van der Waals surface area contributed by atoms with Gasteiger partial charge >= 0.3 is 0 Å². The maximum absolute atomic E-state index is 10.9. The number of aryl methyl sites for hydroxylation is 2. The minimum atomic E-state index is -0.394. The summed E-state index contributed by atoms with van der Waals surface area (Å²) in [6.45, 7) is 4.40. The molecule has 2 rings (SSSR count). The van der Waals surface area contributed by atoms with E-state index in [2.05, 4.69) is 21.0 Å². The maximum Gasteiger partial charge on any atom is 0.283 e. The molecule has 0 bridgehead atoms. The molecule has 2 aromatic rings. The monoisotopic (exact) mass is 309 g/mol. The first-order valence-electron chi connectivity index (χ1n) is 5.42. The summed E-state index contributed by atoms with van der Waals surface area (Å²) in [6.07, 6.45) is 0. The lowest BCUT2D eigenvalue weighted by molar-refractivity contribution is -0.385. The predicted molar refractivity (Wildman–Crippen MR) is 71.6 cm³/mol. The van der Waals surface area contributed by atoms with Gasteiger partial charge in [-0.05, 0) is 41.4 Å². The molecule has 5 nitrogen and oxygen atoms in total. The standard InChI is InChI=1S/C12H12BrN3O2/c1-8-6-9(2)15(14-8)7-10-4-3-5-11(12(10)13)16(17)18/h3-6H,7H2,1-2H3. The van der Waals surface area contributed by atoms with E-state index in [9.17, 15) is 10.1 Å². The molecule has 0 amide bonds. The average Bonchev–Trinajstić information content (AvgIpc) is 2.60. The zero-order valence-electron chi connectivity index (χ0n) is 10.1. The summed E-state index contributed by atoms with van der Waals surface area (Å²) >= 11 is 3.29. The molecule has 94 valence electrons. The quantitative estimate of drug-likeness (QED) is 0.646. The smallest absolute Gasteiger partial charge is 0.265 e. The van der Waals surface area contributed by atoms with Crippen molar-refractivity contribution in [2.24, 2.45) is 0 Å². The van der Waals surface area contributed by atoms with Gasteiger partial charge in [-0.25, -0.2) is 0 Å². The number of rotatable bonds is 3. The summed E-state index contributed by atoms with van der Waals surface area (Å²) in [5, 5.41) is 15.2. The van der Waals surface area contributed by atoms with Gasteiger partial charge in [0.15, 0.2) is 0 Å². The molecule has 1 aromatic heterocycles. The Morgan fingerprint density at radius 1 is 1.44 bits per heavy atom. The van der Waals surface area contributed by atoms with Crippen LogP contribution in [0.2, 0.25) is 0 Å². The third kappa shape index (κ3) is 2.43. The first kappa shape index (κ1) is 12.8. The van der Waals surface area contributed by atoms with Crippen LogP contribution >= 0.6 is 15.9 Å². The fourth-order valence-electron chi connectivity index (χ4n) is 1.83. The Hall–Kier alpha value is -1.69. The summed E-state index contributed by atoms with van der Waals surface area (Å²) in [5.41, 5.74) is 2.89. The zero-order valence-corrected chi connectivity index (χ0v) is 11.6. The van der Waals surface area contributed by atoms with Crippen molar-refractivity contribution < 1.29 is 4.92 Å². The molecule has 1 heterocycles. The third-order valence-corrected chi connectivity index (χ3v) is 3.59. The largest absolute Gasteiger partial charge is 0.283 e. The minimum absolute atomic E-state index is 0.0778. The molecule has 0 aliphatic rings. The number of nitro benzene ring substituents is 1. The van der Waals surface area contributed by atoms with Crippen LogP contribution in [-0.2, 0) is 6.54 Å². The maximum atomic E-state index is 10.9. The number of hydrogen-bond acceptors (Lipinski definition) is 3. The molecule has 0 atom stereocenters. The topological polar surface area (TPSA) is 61.0 Å². The van der Waals surface area contributed by atoms with Crippen LogP contribution in [0.15, 0.2) is 28.7 Å². The summed E-state index contributed by atoms with van der Waals surface area (Å²) in [7, 11) is 0. The van der Waals surface area contributed by atoms with E-state index in [-0.39, 0.29) is 5.69 Å². The molecule has 0 aliphatic heterocycles. The van der Waals surface area contributed by atoms with Gasteiger partial charge in [-0.1, -0.05) is 12.1 Å². The van der Waals surface area contributed by atoms with Crippen molar-refractivity contribution in [2.75, 3.05) is 0 Å². The Kier molecular flexibility index (Phi) is 3.47. The molecular weight excluding hydrogens is 298 g/mol. The molecule has 0 aliphatic carbocycles. The van der Waals surface area contributed by atoms with E-state index < -0.39 is 4.92 Å². The van der Waals surface area contributed by atoms with Crippen LogP contribution in [0.1, 0.15) is 17.0 Å². The summed E-state index contributed by atoms with van der Waals surface area (Å²) in [5.74, 6) is 0. The highest BCUT2D eigenvalue weighted by Crippen LogP contribution is 2.28. The van der Waals surface area contributed by atoms with Gasteiger partial charge in [0.05, 0.1) is 17.2 Å². The van der Waals surface area contributed by atoms with Gasteiger partial charge in [-0.2, -0.15) is 5.10 Å². The Labute approximate surface area is 113 Å². The normalized spacial score (nSPS) is 10.6. The van der Waals surface area contributed by atoms with Crippen LogP contribution in [-0.4, -0.2) is 14.7 Å². The van der Waals surface area contributed by atoms with Crippen molar-refractivity contribution in [1.29, 1.82) is 0 Å². The van der Waals surface area contributed by atoms with Crippen molar-refractivity contribution in [1.82, 2.24) is 9.78 Å². The number of halogens is 1. The molecule has 0 spiro atoms. The first-order valence-corrected chi connectivity index (χ1v) is 6.21. The Bertz CT molecular complexity index is 607. The Morgan fingerprint density at radius 2 is 2.17 bits per heavy atom. The highest BCUT2D eigenvalue weighted by Gasteiger charge is 2.15. The SMILES string of the molecule is Cc1cc(C)n(Cc2cccc([N+](=O)[O-])c2Br)n1. The van der Waals surface area contributed by atoms with Gasteiger partial charge in [0.2, 0.25) is 0 Å². The van der Waals surface area contributed by atoms with Crippen molar-refractivity contribution in [3.63, 3.8) is 0 Å². The highest BCUT2D eigenvalue weighted by atomic mass is 79.9. The van der Waals surface area contributed by atoms with E-state index >= 15 is 0 Å². The first-order chi connectivity index (χ1) is 8.49. The molecular formula is C12H12BrN3O2. The van der Waals surface area contributed by atoms with E-state index in [1.807, 2.05) is 30.7 Å². The second-order valence-corrected chi connectivity index (χ2v) is 4.89.